The molecule has 0 aromatic rings. The molecule has 3 rings (SSSR count). The Kier molecular flexibility index (Phi) is 3.56. The van der Waals surface area contributed by atoms with E-state index in [-0.39, 0.29) is 0 Å². The van der Waals surface area contributed by atoms with Crippen LogP contribution in [0.2, 0.25) is 0 Å². The van der Waals surface area contributed by atoms with Crippen molar-refractivity contribution in [1.82, 2.24) is 9.80 Å². The van der Waals surface area contributed by atoms with Crippen molar-refractivity contribution in [2.24, 2.45) is 5.41 Å². The summed E-state index contributed by atoms with van der Waals surface area (Å²) in [6, 6.07) is 1.19. The third-order valence-electron chi connectivity index (χ3n) is 5.59. The number of carboxylic acid groups (broad SMARTS) is 1. The Hall–Kier alpha value is -0.610. The van der Waals surface area contributed by atoms with Gasteiger partial charge in [-0.1, -0.05) is 12.8 Å². The molecule has 3 aliphatic rings. The van der Waals surface area contributed by atoms with Crippen molar-refractivity contribution in [1.29, 1.82) is 0 Å². The SMILES string of the molecule is CC1CN2CCCC2CN1CC1(C(=O)O)CCCC1. The van der Waals surface area contributed by atoms with Gasteiger partial charge in [0.1, 0.15) is 0 Å². The van der Waals surface area contributed by atoms with E-state index in [1.807, 2.05) is 0 Å². The smallest absolute Gasteiger partial charge is 0.310 e. The van der Waals surface area contributed by atoms with Crippen molar-refractivity contribution in [3.05, 3.63) is 0 Å². The van der Waals surface area contributed by atoms with Gasteiger partial charge < -0.3 is 5.11 Å². The number of carbonyl (C=O) groups is 1. The van der Waals surface area contributed by atoms with Gasteiger partial charge in [-0.05, 0) is 39.2 Å². The standard InChI is InChI=1S/C15H26N2O2/c1-12-9-16-8-4-5-13(16)10-17(12)11-15(14(18)19)6-2-3-7-15/h12-13H,2-11H2,1H3,(H,18,19). The van der Waals surface area contributed by atoms with Crippen LogP contribution in [-0.4, -0.2) is 59.1 Å². The first-order chi connectivity index (χ1) is 9.11. The Labute approximate surface area is 115 Å². The highest BCUT2D eigenvalue weighted by atomic mass is 16.4. The highest BCUT2D eigenvalue weighted by Gasteiger charge is 2.45. The van der Waals surface area contributed by atoms with E-state index in [4.69, 9.17) is 0 Å². The Morgan fingerprint density at radius 3 is 2.68 bits per heavy atom. The van der Waals surface area contributed by atoms with Gasteiger partial charge in [0.25, 0.3) is 0 Å². The fraction of sp³-hybridized carbons (Fsp3) is 0.933. The molecule has 0 aromatic heterocycles. The largest absolute Gasteiger partial charge is 0.481 e. The lowest BCUT2D eigenvalue weighted by molar-refractivity contribution is -0.150. The number of piperazine rings is 1. The molecule has 1 saturated carbocycles. The summed E-state index contributed by atoms with van der Waals surface area (Å²) in [6.07, 6.45) is 6.53. The molecule has 0 spiro atoms. The second kappa shape index (κ2) is 5.06. The number of carboxylic acids is 1. The second-order valence-corrected chi connectivity index (χ2v) is 6.86. The number of hydrogen-bond acceptors (Lipinski definition) is 3. The summed E-state index contributed by atoms with van der Waals surface area (Å²) in [6.45, 7) is 6.48. The number of nitrogens with zero attached hydrogens (tertiary/aromatic N) is 2. The molecule has 2 unspecified atom stereocenters. The van der Waals surface area contributed by atoms with Crippen LogP contribution >= 0.6 is 0 Å². The highest BCUT2D eigenvalue weighted by molar-refractivity contribution is 5.75. The summed E-state index contributed by atoms with van der Waals surface area (Å²) < 4.78 is 0. The summed E-state index contributed by atoms with van der Waals surface area (Å²) in [5.74, 6) is -0.564. The Morgan fingerprint density at radius 1 is 1.26 bits per heavy atom. The molecule has 2 aliphatic heterocycles. The van der Waals surface area contributed by atoms with Gasteiger partial charge in [0.2, 0.25) is 0 Å². The average Bonchev–Trinajstić information content (AvgIpc) is 2.99. The first kappa shape index (κ1) is 13.4. The molecule has 4 heteroatoms. The van der Waals surface area contributed by atoms with Crippen LogP contribution in [0.1, 0.15) is 45.4 Å². The zero-order chi connectivity index (χ0) is 13.5. The topological polar surface area (TPSA) is 43.8 Å². The van der Waals surface area contributed by atoms with E-state index >= 15 is 0 Å². The molecule has 4 nitrogen and oxygen atoms in total. The van der Waals surface area contributed by atoms with Gasteiger partial charge in [0.15, 0.2) is 0 Å². The predicted octanol–water partition coefficient (Wildman–Crippen LogP) is 1.80. The summed E-state index contributed by atoms with van der Waals surface area (Å²) in [7, 11) is 0. The summed E-state index contributed by atoms with van der Waals surface area (Å²) in [5, 5.41) is 9.63. The van der Waals surface area contributed by atoms with Crippen LogP contribution in [0.5, 0.6) is 0 Å². The van der Waals surface area contributed by atoms with Crippen molar-refractivity contribution in [2.75, 3.05) is 26.2 Å². The third-order valence-corrected chi connectivity index (χ3v) is 5.59. The van der Waals surface area contributed by atoms with Gasteiger partial charge in [-0.15, -0.1) is 0 Å². The zero-order valence-corrected chi connectivity index (χ0v) is 12.0. The zero-order valence-electron chi connectivity index (χ0n) is 12.0. The molecule has 2 saturated heterocycles. The molecular formula is C15H26N2O2. The molecule has 19 heavy (non-hydrogen) atoms. The number of aliphatic carboxylic acids is 1. The van der Waals surface area contributed by atoms with Gasteiger partial charge in [0.05, 0.1) is 5.41 Å². The van der Waals surface area contributed by atoms with E-state index in [1.54, 1.807) is 0 Å². The molecule has 0 bridgehead atoms. The van der Waals surface area contributed by atoms with Crippen molar-refractivity contribution >= 4 is 5.97 Å². The first-order valence-electron chi connectivity index (χ1n) is 7.82. The minimum Gasteiger partial charge on any atom is -0.481 e. The van der Waals surface area contributed by atoms with E-state index in [9.17, 15) is 9.90 Å². The predicted molar refractivity (Wildman–Crippen MR) is 74.2 cm³/mol. The molecule has 0 amide bonds. The molecular weight excluding hydrogens is 240 g/mol. The van der Waals surface area contributed by atoms with Crippen molar-refractivity contribution < 1.29 is 9.90 Å². The van der Waals surface area contributed by atoms with E-state index in [0.717, 1.165) is 45.3 Å². The highest BCUT2D eigenvalue weighted by Crippen LogP contribution is 2.40. The molecule has 3 fully saturated rings. The van der Waals surface area contributed by atoms with Crippen molar-refractivity contribution in [3.63, 3.8) is 0 Å². The van der Waals surface area contributed by atoms with Gasteiger partial charge >= 0.3 is 5.97 Å². The van der Waals surface area contributed by atoms with E-state index in [0.29, 0.717) is 12.1 Å². The van der Waals surface area contributed by atoms with Crippen molar-refractivity contribution in [3.8, 4) is 0 Å². The summed E-state index contributed by atoms with van der Waals surface area (Å²) in [5.41, 5.74) is -0.449. The van der Waals surface area contributed by atoms with E-state index in [1.165, 1.54) is 19.4 Å². The summed E-state index contributed by atoms with van der Waals surface area (Å²) in [4.78, 5) is 16.8. The molecule has 0 radical (unpaired) electrons. The molecule has 108 valence electrons. The maximum absolute atomic E-state index is 11.7. The summed E-state index contributed by atoms with van der Waals surface area (Å²) >= 11 is 0. The van der Waals surface area contributed by atoms with E-state index in [2.05, 4.69) is 16.7 Å². The molecule has 2 atom stereocenters. The maximum atomic E-state index is 11.7. The van der Waals surface area contributed by atoms with Crippen LogP contribution < -0.4 is 0 Å². The minimum atomic E-state index is -0.564. The van der Waals surface area contributed by atoms with Crippen LogP contribution in [-0.2, 0) is 4.79 Å². The molecule has 1 aliphatic carbocycles. The van der Waals surface area contributed by atoms with Crippen LogP contribution in [0.3, 0.4) is 0 Å². The normalized spacial score (nSPS) is 35.4. The molecule has 1 N–H and O–H groups in total. The van der Waals surface area contributed by atoms with Crippen LogP contribution in [0.15, 0.2) is 0 Å². The third kappa shape index (κ3) is 2.40. The van der Waals surface area contributed by atoms with Crippen molar-refractivity contribution in [2.45, 2.75) is 57.5 Å². The Morgan fingerprint density at radius 2 is 2.00 bits per heavy atom. The number of rotatable bonds is 3. The van der Waals surface area contributed by atoms with Crippen LogP contribution in [0.4, 0.5) is 0 Å². The fourth-order valence-corrected chi connectivity index (χ4v) is 4.35. The second-order valence-electron chi connectivity index (χ2n) is 6.86. The average molecular weight is 266 g/mol. The number of fused-ring (bicyclic) bond motifs is 1. The monoisotopic (exact) mass is 266 g/mol. The van der Waals surface area contributed by atoms with Gasteiger partial charge in [-0.25, -0.2) is 0 Å². The number of hydrogen-bond donors (Lipinski definition) is 1. The van der Waals surface area contributed by atoms with E-state index < -0.39 is 11.4 Å². The Balaban J connectivity index is 1.69. The van der Waals surface area contributed by atoms with Gasteiger partial charge in [-0.3, -0.25) is 14.6 Å². The van der Waals surface area contributed by atoms with Crippen LogP contribution in [0, 0.1) is 5.41 Å². The lowest BCUT2D eigenvalue weighted by Gasteiger charge is -2.45. The molecule has 0 aromatic carbocycles. The fourth-order valence-electron chi connectivity index (χ4n) is 4.35. The van der Waals surface area contributed by atoms with Gasteiger partial charge in [-0.2, -0.15) is 0 Å². The maximum Gasteiger partial charge on any atom is 0.310 e. The molecule has 2 heterocycles. The Bertz CT molecular complexity index is 352. The first-order valence-corrected chi connectivity index (χ1v) is 7.82. The lowest BCUT2D eigenvalue weighted by Crippen LogP contribution is -2.57. The van der Waals surface area contributed by atoms with Gasteiger partial charge in [0, 0.05) is 31.7 Å². The van der Waals surface area contributed by atoms with Crippen LogP contribution in [0.25, 0.3) is 0 Å². The lowest BCUT2D eigenvalue weighted by atomic mass is 9.84. The minimum absolute atomic E-state index is 0.449. The quantitative estimate of drug-likeness (QED) is 0.846.